The van der Waals surface area contributed by atoms with Crippen LogP contribution in [0.2, 0.25) is 8.67 Å². The number of hydrogen-bond donors (Lipinski definition) is 1. The standard InChI is InChI=1S/C15H9Cl2FN2O3S3/c16-12-6-11(14(17)25-12)26(22,23)20-13(21)5-10-7-24-15(19-10)8-2-1-3-9(18)4-8/h1-4,6-7H,5H2,(H,20,21). The van der Waals surface area contributed by atoms with Crippen molar-refractivity contribution in [1.82, 2.24) is 9.71 Å². The van der Waals surface area contributed by atoms with Crippen molar-refractivity contribution in [2.75, 3.05) is 0 Å². The van der Waals surface area contributed by atoms with Crippen LogP contribution in [0.3, 0.4) is 0 Å². The molecule has 3 rings (SSSR count). The number of halogens is 3. The van der Waals surface area contributed by atoms with Crippen LogP contribution < -0.4 is 4.72 Å². The highest BCUT2D eigenvalue weighted by Gasteiger charge is 2.23. The van der Waals surface area contributed by atoms with Gasteiger partial charge in [-0.05, 0) is 18.2 Å². The third-order valence-electron chi connectivity index (χ3n) is 3.13. The van der Waals surface area contributed by atoms with Gasteiger partial charge >= 0.3 is 0 Å². The molecule has 0 unspecified atom stereocenters. The molecule has 0 bridgehead atoms. The maximum atomic E-state index is 13.3. The number of nitrogens with one attached hydrogen (secondary N) is 1. The number of sulfonamides is 1. The molecule has 0 fully saturated rings. The van der Waals surface area contributed by atoms with E-state index in [1.807, 2.05) is 4.72 Å². The predicted molar refractivity (Wildman–Crippen MR) is 101 cm³/mol. The SMILES string of the molecule is O=C(Cc1csc(-c2cccc(F)c2)n1)NS(=O)(=O)c1cc(Cl)sc1Cl. The fraction of sp³-hybridized carbons (Fsp3) is 0.0667. The number of hydrogen-bond acceptors (Lipinski definition) is 6. The van der Waals surface area contributed by atoms with E-state index < -0.39 is 21.7 Å². The molecule has 1 amide bonds. The van der Waals surface area contributed by atoms with Gasteiger partial charge in [0.2, 0.25) is 5.91 Å². The molecule has 1 aromatic carbocycles. The second kappa shape index (κ2) is 7.61. The Morgan fingerprint density at radius 1 is 1.27 bits per heavy atom. The van der Waals surface area contributed by atoms with Crippen molar-refractivity contribution in [1.29, 1.82) is 0 Å². The highest BCUT2D eigenvalue weighted by Crippen LogP contribution is 2.34. The first kappa shape index (κ1) is 19.2. The lowest BCUT2D eigenvalue weighted by Crippen LogP contribution is -2.31. The third-order valence-corrected chi connectivity index (χ3v) is 7.19. The van der Waals surface area contributed by atoms with Crippen molar-refractivity contribution in [3.63, 3.8) is 0 Å². The Morgan fingerprint density at radius 2 is 2.04 bits per heavy atom. The smallest absolute Gasteiger partial charge is 0.266 e. The van der Waals surface area contributed by atoms with E-state index in [0.717, 1.165) is 11.3 Å². The lowest BCUT2D eigenvalue weighted by Gasteiger charge is -2.04. The Bertz CT molecular complexity index is 1080. The molecule has 2 aromatic heterocycles. The zero-order chi connectivity index (χ0) is 18.9. The molecule has 0 aliphatic rings. The average Bonchev–Trinajstić information content (AvgIpc) is 3.13. The molecule has 11 heteroatoms. The topological polar surface area (TPSA) is 76.1 Å². The summed E-state index contributed by atoms with van der Waals surface area (Å²) in [5.74, 6) is -1.16. The van der Waals surface area contributed by atoms with E-state index in [0.29, 0.717) is 16.3 Å². The second-order valence-corrected chi connectivity index (χ2v) is 9.84. The third kappa shape index (κ3) is 4.41. The van der Waals surface area contributed by atoms with Crippen molar-refractivity contribution in [2.45, 2.75) is 11.3 Å². The van der Waals surface area contributed by atoms with E-state index in [2.05, 4.69) is 4.98 Å². The first-order valence-electron chi connectivity index (χ1n) is 6.95. The molecular formula is C15H9Cl2FN2O3S3. The van der Waals surface area contributed by atoms with Crippen LogP contribution in [0.4, 0.5) is 4.39 Å². The molecule has 0 aliphatic heterocycles. The van der Waals surface area contributed by atoms with Crippen LogP contribution in [0.5, 0.6) is 0 Å². The predicted octanol–water partition coefficient (Wildman–Crippen LogP) is 4.37. The summed E-state index contributed by atoms with van der Waals surface area (Å²) >= 11 is 13.7. The van der Waals surface area contributed by atoms with E-state index in [9.17, 15) is 17.6 Å². The Balaban J connectivity index is 1.72. The van der Waals surface area contributed by atoms with E-state index in [1.165, 1.54) is 29.5 Å². The normalized spacial score (nSPS) is 11.5. The summed E-state index contributed by atoms with van der Waals surface area (Å²) in [7, 11) is -4.12. The molecule has 3 aromatic rings. The second-order valence-electron chi connectivity index (χ2n) is 5.05. The van der Waals surface area contributed by atoms with Gasteiger partial charge in [-0.15, -0.1) is 22.7 Å². The highest BCUT2D eigenvalue weighted by atomic mass is 35.5. The van der Waals surface area contributed by atoms with Crippen molar-refractivity contribution < 1.29 is 17.6 Å². The quantitative estimate of drug-likeness (QED) is 0.625. The van der Waals surface area contributed by atoms with E-state index >= 15 is 0 Å². The van der Waals surface area contributed by atoms with Crippen LogP contribution >= 0.6 is 45.9 Å². The summed E-state index contributed by atoms with van der Waals surface area (Å²) in [4.78, 5) is 16.0. The summed E-state index contributed by atoms with van der Waals surface area (Å²) in [6.45, 7) is 0. The molecular weight excluding hydrogens is 442 g/mol. The molecule has 0 aliphatic carbocycles. The summed E-state index contributed by atoms with van der Waals surface area (Å²) in [6.07, 6.45) is -0.249. The number of thiazole rings is 1. The summed E-state index contributed by atoms with van der Waals surface area (Å²) in [5.41, 5.74) is 0.949. The fourth-order valence-corrected chi connectivity index (χ4v) is 6.01. The van der Waals surface area contributed by atoms with Crippen LogP contribution in [-0.4, -0.2) is 19.3 Å². The van der Waals surface area contributed by atoms with Crippen molar-refractivity contribution in [3.05, 3.63) is 55.9 Å². The van der Waals surface area contributed by atoms with Crippen LogP contribution in [-0.2, 0) is 21.2 Å². The van der Waals surface area contributed by atoms with Crippen LogP contribution in [0.1, 0.15) is 5.69 Å². The largest absolute Gasteiger partial charge is 0.274 e. The van der Waals surface area contributed by atoms with Crippen LogP contribution in [0.15, 0.2) is 40.6 Å². The van der Waals surface area contributed by atoms with E-state index in [4.69, 9.17) is 23.2 Å². The number of thiophene rings is 1. The van der Waals surface area contributed by atoms with Gasteiger partial charge in [0.1, 0.15) is 20.1 Å². The number of amides is 1. The van der Waals surface area contributed by atoms with Gasteiger partial charge in [0.25, 0.3) is 10.0 Å². The maximum Gasteiger partial charge on any atom is 0.266 e. The number of benzene rings is 1. The number of nitrogens with zero attached hydrogens (tertiary/aromatic N) is 1. The minimum absolute atomic E-state index is 0.0302. The minimum atomic E-state index is -4.12. The van der Waals surface area contributed by atoms with Crippen molar-refractivity contribution >= 4 is 61.8 Å². The van der Waals surface area contributed by atoms with Crippen LogP contribution in [0, 0.1) is 5.82 Å². The molecule has 0 radical (unpaired) electrons. The molecule has 0 saturated heterocycles. The number of carbonyl (C=O) groups excluding carboxylic acids is 1. The van der Waals surface area contributed by atoms with Gasteiger partial charge in [-0.25, -0.2) is 22.5 Å². The Labute approximate surface area is 166 Å². The molecule has 0 atom stereocenters. The van der Waals surface area contributed by atoms with Crippen LogP contribution in [0.25, 0.3) is 10.6 Å². The number of rotatable bonds is 5. The lowest BCUT2D eigenvalue weighted by atomic mass is 10.2. The summed E-state index contributed by atoms with van der Waals surface area (Å²) in [5, 5.41) is 2.14. The molecule has 1 N–H and O–H groups in total. The van der Waals surface area contributed by atoms with Gasteiger partial charge in [0, 0.05) is 10.9 Å². The molecule has 136 valence electrons. The van der Waals surface area contributed by atoms with Gasteiger partial charge in [-0.1, -0.05) is 35.3 Å². The Morgan fingerprint density at radius 3 is 2.69 bits per heavy atom. The molecule has 26 heavy (non-hydrogen) atoms. The Kier molecular flexibility index (Phi) is 5.64. The fourth-order valence-electron chi connectivity index (χ4n) is 2.06. The highest BCUT2D eigenvalue weighted by molar-refractivity contribution is 7.90. The Hall–Kier alpha value is -1.52. The van der Waals surface area contributed by atoms with Gasteiger partial charge in [-0.2, -0.15) is 0 Å². The van der Waals surface area contributed by atoms with Crippen molar-refractivity contribution in [3.8, 4) is 10.6 Å². The number of carbonyl (C=O) groups is 1. The molecule has 0 spiro atoms. The maximum absolute atomic E-state index is 13.3. The molecule has 0 saturated carbocycles. The zero-order valence-electron chi connectivity index (χ0n) is 12.7. The lowest BCUT2D eigenvalue weighted by molar-refractivity contribution is -0.118. The zero-order valence-corrected chi connectivity index (χ0v) is 16.7. The average molecular weight is 451 g/mol. The molecule has 2 heterocycles. The summed E-state index contributed by atoms with van der Waals surface area (Å²) < 4.78 is 39.8. The monoisotopic (exact) mass is 450 g/mol. The van der Waals surface area contributed by atoms with E-state index in [1.54, 1.807) is 17.5 Å². The van der Waals surface area contributed by atoms with Crippen molar-refractivity contribution in [2.24, 2.45) is 0 Å². The van der Waals surface area contributed by atoms with Gasteiger partial charge < -0.3 is 0 Å². The molecule has 5 nitrogen and oxygen atoms in total. The first-order valence-corrected chi connectivity index (χ1v) is 10.9. The van der Waals surface area contributed by atoms with Gasteiger partial charge in [0.15, 0.2) is 0 Å². The van der Waals surface area contributed by atoms with Gasteiger partial charge in [0.05, 0.1) is 16.5 Å². The van der Waals surface area contributed by atoms with Gasteiger partial charge in [-0.3, -0.25) is 4.79 Å². The minimum Gasteiger partial charge on any atom is -0.274 e. The summed E-state index contributed by atoms with van der Waals surface area (Å²) in [6, 6.07) is 7.07. The number of aromatic nitrogens is 1. The van der Waals surface area contributed by atoms with E-state index in [-0.39, 0.29) is 20.0 Å². The first-order chi connectivity index (χ1) is 12.2.